The van der Waals surface area contributed by atoms with E-state index in [4.69, 9.17) is 0 Å². The smallest absolute Gasteiger partial charge is 0.353 e. The first-order valence-corrected chi connectivity index (χ1v) is 12.3. The molecule has 4 aliphatic rings. The number of carbonyl (C=O) groups excluding carboxylic acids is 2. The monoisotopic (exact) mass is 451 g/mol. The molecule has 2 amide bonds. The van der Waals surface area contributed by atoms with Gasteiger partial charge in [-0.25, -0.2) is 4.79 Å². The Morgan fingerprint density at radius 1 is 1.23 bits per heavy atom. The summed E-state index contributed by atoms with van der Waals surface area (Å²) in [5.74, 6) is -1.19. The number of aliphatic carboxylic acids is 1. The van der Waals surface area contributed by atoms with Gasteiger partial charge in [-0.2, -0.15) is 0 Å². The number of carbonyl (C=O) groups is 3. The van der Waals surface area contributed by atoms with Gasteiger partial charge in [0.25, 0.3) is 0 Å². The highest BCUT2D eigenvalue weighted by molar-refractivity contribution is 8.03. The van der Waals surface area contributed by atoms with Crippen molar-refractivity contribution in [3.05, 3.63) is 10.6 Å². The molecule has 3 saturated heterocycles. The fourth-order valence-electron chi connectivity index (χ4n) is 5.71. The number of amides is 2. The van der Waals surface area contributed by atoms with Crippen molar-refractivity contribution in [3.63, 3.8) is 0 Å². The number of aliphatic hydroxyl groups is 1. The average molecular weight is 452 g/mol. The van der Waals surface area contributed by atoms with Gasteiger partial charge in [0.05, 0.1) is 18.1 Å². The summed E-state index contributed by atoms with van der Waals surface area (Å²) in [6.07, 6.45) is 1.81. The van der Waals surface area contributed by atoms with Gasteiger partial charge in [0.1, 0.15) is 5.70 Å². The first kappa shape index (κ1) is 22.6. The number of hydrogen-bond donors (Lipinski definition) is 2. The highest BCUT2D eigenvalue weighted by atomic mass is 32.2. The molecule has 31 heavy (non-hydrogen) atoms. The topological polar surface area (TPSA) is 101 Å². The lowest BCUT2D eigenvalue weighted by molar-refractivity contribution is -0.163. The van der Waals surface area contributed by atoms with Gasteiger partial charge in [0.2, 0.25) is 11.8 Å². The van der Waals surface area contributed by atoms with Gasteiger partial charge in [0, 0.05) is 48.7 Å². The Morgan fingerprint density at radius 3 is 2.61 bits per heavy atom. The lowest BCUT2D eigenvalue weighted by atomic mass is 9.79. The van der Waals surface area contributed by atoms with Crippen molar-refractivity contribution >= 4 is 29.5 Å². The van der Waals surface area contributed by atoms with Crippen LogP contribution in [0.15, 0.2) is 10.6 Å². The van der Waals surface area contributed by atoms with Crippen LogP contribution in [0.4, 0.5) is 0 Å². The van der Waals surface area contributed by atoms with Crippen LogP contribution in [0.5, 0.6) is 0 Å². The molecule has 0 aromatic carbocycles. The molecule has 0 aromatic heterocycles. The number of nitrogens with zero attached hydrogens (tertiary/aromatic N) is 3. The Balaban J connectivity index is 1.37. The van der Waals surface area contributed by atoms with Crippen molar-refractivity contribution in [3.8, 4) is 0 Å². The van der Waals surface area contributed by atoms with Gasteiger partial charge in [-0.1, -0.05) is 13.8 Å². The van der Waals surface area contributed by atoms with E-state index in [2.05, 4.69) is 4.90 Å². The quantitative estimate of drug-likeness (QED) is 0.561. The minimum atomic E-state index is -1.06. The van der Waals surface area contributed by atoms with E-state index in [0.717, 1.165) is 50.5 Å². The second-order valence-electron chi connectivity index (χ2n) is 9.41. The summed E-state index contributed by atoms with van der Waals surface area (Å²) in [7, 11) is 0. The van der Waals surface area contributed by atoms with E-state index in [1.54, 1.807) is 18.7 Å². The third kappa shape index (κ3) is 4.00. The second-order valence-corrected chi connectivity index (χ2v) is 10.8. The maximum atomic E-state index is 12.5. The summed E-state index contributed by atoms with van der Waals surface area (Å²) in [5.41, 5.74) is 0.118. The maximum Gasteiger partial charge on any atom is 0.353 e. The maximum absolute atomic E-state index is 12.5. The van der Waals surface area contributed by atoms with Gasteiger partial charge in [-0.15, -0.1) is 11.8 Å². The first-order valence-electron chi connectivity index (χ1n) is 11.4. The Hall–Kier alpha value is -1.58. The second kappa shape index (κ2) is 8.75. The van der Waals surface area contributed by atoms with Gasteiger partial charge < -0.3 is 24.9 Å². The van der Waals surface area contributed by atoms with E-state index >= 15 is 0 Å². The Morgan fingerprint density at radius 2 is 1.97 bits per heavy atom. The van der Waals surface area contributed by atoms with Gasteiger partial charge in [0.15, 0.2) is 0 Å². The molecule has 0 saturated carbocycles. The SMILES string of the molecule is CCC(=O)N1CC[C@H](CN2CC[C@@H](SC3=C(C(=O)O)N4C(=O)[C@H]([C@@H](C)O)[C@H]4[C@H]3C)C2)C1. The molecule has 0 spiro atoms. The Bertz CT molecular complexity index is 800. The number of carboxylic acids is 1. The van der Waals surface area contributed by atoms with Crippen LogP contribution in [0, 0.1) is 17.8 Å². The van der Waals surface area contributed by atoms with Gasteiger partial charge in [-0.3, -0.25) is 9.59 Å². The van der Waals surface area contributed by atoms with Crippen LogP contribution in [0.1, 0.15) is 40.0 Å². The summed E-state index contributed by atoms with van der Waals surface area (Å²) in [6.45, 7) is 10.0. The van der Waals surface area contributed by atoms with E-state index in [1.807, 2.05) is 18.7 Å². The molecular formula is C22H33N3O5S. The number of β-lactam (4-membered cyclic amide) rings is 1. The van der Waals surface area contributed by atoms with Crippen molar-refractivity contribution in [1.29, 1.82) is 0 Å². The Labute approximate surface area is 187 Å². The summed E-state index contributed by atoms with van der Waals surface area (Å²) >= 11 is 1.61. The molecule has 8 nitrogen and oxygen atoms in total. The van der Waals surface area contributed by atoms with Crippen molar-refractivity contribution in [2.24, 2.45) is 17.8 Å². The fraction of sp³-hybridized carbons (Fsp3) is 0.773. The molecule has 0 bridgehead atoms. The number of likely N-dealkylation sites (tertiary alicyclic amines) is 2. The molecule has 6 atom stereocenters. The number of hydrogen-bond acceptors (Lipinski definition) is 6. The minimum Gasteiger partial charge on any atom is -0.477 e. The molecule has 4 heterocycles. The van der Waals surface area contributed by atoms with Crippen LogP contribution in [-0.4, -0.2) is 92.8 Å². The van der Waals surface area contributed by atoms with Crippen LogP contribution in [0.3, 0.4) is 0 Å². The van der Waals surface area contributed by atoms with Crippen molar-refractivity contribution in [1.82, 2.24) is 14.7 Å². The predicted molar refractivity (Wildman–Crippen MR) is 117 cm³/mol. The van der Waals surface area contributed by atoms with Crippen LogP contribution < -0.4 is 0 Å². The highest BCUT2D eigenvalue weighted by Gasteiger charge is 2.60. The molecule has 9 heteroatoms. The molecule has 4 rings (SSSR count). The fourth-order valence-corrected chi connectivity index (χ4v) is 7.23. The number of fused-ring (bicyclic) bond motifs is 1. The summed E-state index contributed by atoms with van der Waals surface area (Å²) in [5, 5.41) is 20.1. The van der Waals surface area contributed by atoms with Gasteiger partial charge >= 0.3 is 5.97 Å². The van der Waals surface area contributed by atoms with E-state index < -0.39 is 18.0 Å². The molecule has 2 N–H and O–H groups in total. The van der Waals surface area contributed by atoms with E-state index in [-0.39, 0.29) is 29.5 Å². The number of aliphatic hydroxyl groups excluding tert-OH is 1. The lowest BCUT2D eigenvalue weighted by Crippen LogP contribution is -2.63. The lowest BCUT2D eigenvalue weighted by Gasteiger charge is -2.46. The molecular weight excluding hydrogens is 418 g/mol. The van der Waals surface area contributed by atoms with Crippen LogP contribution in [0.25, 0.3) is 0 Å². The predicted octanol–water partition coefficient (Wildman–Crippen LogP) is 1.21. The normalized spacial score (nSPS) is 34.3. The largest absolute Gasteiger partial charge is 0.477 e. The number of carboxylic acid groups (broad SMARTS) is 1. The summed E-state index contributed by atoms with van der Waals surface area (Å²) < 4.78 is 0. The summed E-state index contributed by atoms with van der Waals surface area (Å²) in [6, 6.07) is -0.251. The number of thioether (sulfide) groups is 1. The zero-order valence-electron chi connectivity index (χ0n) is 18.5. The van der Waals surface area contributed by atoms with E-state index in [9.17, 15) is 24.6 Å². The average Bonchev–Trinajstić information content (AvgIpc) is 3.41. The first-order chi connectivity index (χ1) is 14.7. The molecule has 0 aromatic rings. The summed E-state index contributed by atoms with van der Waals surface area (Å²) in [4.78, 5) is 43.0. The van der Waals surface area contributed by atoms with Crippen molar-refractivity contribution in [2.45, 2.75) is 57.4 Å². The van der Waals surface area contributed by atoms with Crippen LogP contribution in [-0.2, 0) is 14.4 Å². The number of rotatable bonds is 7. The van der Waals surface area contributed by atoms with E-state index in [0.29, 0.717) is 17.6 Å². The molecule has 3 fully saturated rings. The van der Waals surface area contributed by atoms with Crippen molar-refractivity contribution < 1.29 is 24.6 Å². The van der Waals surface area contributed by atoms with Crippen molar-refractivity contribution in [2.75, 3.05) is 32.7 Å². The standard InChI is InChI=1S/C22H33N3O5S/c1-4-16(27)24-8-5-14(10-24)9-23-7-6-15(11-23)31-20-12(2)18-17(13(3)26)21(28)25(18)19(20)22(29)30/h12-15,17-18,26H,4-11H2,1-3H3,(H,29,30)/t12-,13-,14-,15-,17-,18-/m1/s1. The molecule has 0 radical (unpaired) electrons. The highest BCUT2D eigenvalue weighted by Crippen LogP contribution is 2.51. The van der Waals surface area contributed by atoms with Gasteiger partial charge in [-0.05, 0) is 32.2 Å². The molecule has 0 aliphatic carbocycles. The molecule has 0 unspecified atom stereocenters. The molecule has 172 valence electrons. The van der Waals surface area contributed by atoms with Crippen LogP contribution >= 0.6 is 11.8 Å². The third-order valence-corrected chi connectivity index (χ3v) is 8.83. The van der Waals surface area contributed by atoms with E-state index in [1.165, 1.54) is 4.90 Å². The minimum absolute atomic E-state index is 0.0779. The van der Waals surface area contributed by atoms with Crippen LogP contribution in [0.2, 0.25) is 0 Å². The zero-order valence-corrected chi connectivity index (χ0v) is 19.3. The Kier molecular flexibility index (Phi) is 6.38. The zero-order chi connectivity index (χ0) is 22.4. The molecule has 4 aliphatic heterocycles. The third-order valence-electron chi connectivity index (χ3n) is 7.29.